The number of halogens is 3. The van der Waals surface area contributed by atoms with E-state index in [2.05, 4.69) is 21.1 Å². The van der Waals surface area contributed by atoms with Gasteiger partial charge in [-0.3, -0.25) is 4.79 Å². The Kier molecular flexibility index (Phi) is 22.0. The zero-order valence-corrected chi connectivity index (χ0v) is 38.1. The minimum absolute atomic E-state index is 0.00247. The van der Waals surface area contributed by atoms with Crippen molar-refractivity contribution in [2.24, 2.45) is 0 Å². The molecule has 20 heteroatoms. The lowest BCUT2D eigenvalue weighted by Gasteiger charge is -2.22. The second-order valence-corrected chi connectivity index (χ2v) is 15.9. The highest BCUT2D eigenvalue weighted by molar-refractivity contribution is 7.87. The van der Waals surface area contributed by atoms with E-state index in [4.69, 9.17) is 33.7 Å². The summed E-state index contributed by atoms with van der Waals surface area (Å²) in [6.45, 7) is 5.93. The van der Waals surface area contributed by atoms with Crippen molar-refractivity contribution >= 4 is 52.1 Å². The van der Waals surface area contributed by atoms with Gasteiger partial charge in [-0.2, -0.15) is 21.6 Å². The number of hydrogen-bond acceptors (Lipinski definition) is 15. The van der Waals surface area contributed by atoms with Gasteiger partial charge >= 0.3 is 34.7 Å². The number of alkyl halides is 3. The van der Waals surface area contributed by atoms with E-state index in [1.807, 2.05) is 61.5 Å². The molecule has 0 radical (unpaired) electrons. The first-order valence-electron chi connectivity index (χ1n) is 21.3. The molecule has 0 saturated heterocycles. The van der Waals surface area contributed by atoms with E-state index in [9.17, 15) is 41.1 Å². The summed E-state index contributed by atoms with van der Waals surface area (Å²) >= 11 is 0. The largest absolute Gasteiger partial charge is 0.534 e. The molecule has 0 amide bonds. The molecule has 7 rings (SSSR count). The number of aldehydes is 1. The van der Waals surface area contributed by atoms with Crippen molar-refractivity contribution < 1.29 is 83.7 Å². The summed E-state index contributed by atoms with van der Waals surface area (Å²) in [5, 5.41) is 26.9. The number of phenolic OH excluding ortho intramolecular Hbond substituents is 1. The molecule has 15 nitrogen and oxygen atoms in total. The molecular weight excluding hydrogens is 916 g/mol. The van der Waals surface area contributed by atoms with Crippen LogP contribution in [0.4, 0.5) is 13.2 Å². The Labute approximate surface area is 392 Å². The van der Waals surface area contributed by atoms with E-state index in [1.54, 1.807) is 36.4 Å². The van der Waals surface area contributed by atoms with Gasteiger partial charge in [0.1, 0.15) is 24.7 Å². The fourth-order valence-electron chi connectivity index (χ4n) is 6.46. The SMILES string of the molecule is CCOC(=O)C1=C(OS(=O)(=O)C(F)(F)F)COCC1.CCOC(=O)C1=C(c2ccccc2)COCC1.O=Cc1c(O)cccc1OCC1=C(c2ccccc2)COCC1.OB(O)c1ccccc1. The van der Waals surface area contributed by atoms with Crippen LogP contribution in [-0.4, -0.2) is 114 Å². The third-order valence-electron chi connectivity index (χ3n) is 9.84. The fourth-order valence-corrected chi connectivity index (χ4v) is 6.96. The quantitative estimate of drug-likeness (QED) is 0.0439. The van der Waals surface area contributed by atoms with Crippen LogP contribution in [0.2, 0.25) is 0 Å². The number of esters is 2. The summed E-state index contributed by atoms with van der Waals surface area (Å²) in [6, 6.07) is 33.4. The van der Waals surface area contributed by atoms with Crippen LogP contribution in [0.5, 0.6) is 11.5 Å². The Hall–Kier alpha value is -6.29. The highest BCUT2D eigenvalue weighted by Crippen LogP contribution is 2.31. The molecule has 4 aromatic rings. The Balaban J connectivity index is 0.000000206. The van der Waals surface area contributed by atoms with Crippen molar-refractivity contribution in [3.63, 3.8) is 0 Å². The van der Waals surface area contributed by atoms with E-state index in [1.165, 1.54) is 13.0 Å². The van der Waals surface area contributed by atoms with Gasteiger partial charge in [-0.15, -0.1) is 0 Å². The van der Waals surface area contributed by atoms with Gasteiger partial charge in [0, 0.05) is 18.4 Å². The summed E-state index contributed by atoms with van der Waals surface area (Å²) in [5.41, 5.74) is 1.02. The molecule has 0 atom stereocenters. The number of carbonyl (C=O) groups excluding carboxylic acids is 3. The predicted octanol–water partition coefficient (Wildman–Crippen LogP) is 6.34. The number of benzene rings is 4. The number of phenols is 1. The fraction of sp³-hybridized carbons (Fsp3) is 0.312. The highest BCUT2D eigenvalue weighted by Gasteiger charge is 2.49. The predicted molar refractivity (Wildman–Crippen MR) is 245 cm³/mol. The maximum Gasteiger partial charge on any atom is 0.534 e. The van der Waals surface area contributed by atoms with Gasteiger partial charge in [-0.25, -0.2) is 9.59 Å². The first-order valence-corrected chi connectivity index (χ1v) is 22.7. The number of aromatic hydroxyl groups is 1. The minimum atomic E-state index is -5.82. The molecule has 0 fully saturated rings. The van der Waals surface area contributed by atoms with Crippen LogP contribution < -0.4 is 10.2 Å². The summed E-state index contributed by atoms with van der Waals surface area (Å²) in [5.74, 6) is -1.50. The van der Waals surface area contributed by atoms with E-state index in [0.29, 0.717) is 63.6 Å². The van der Waals surface area contributed by atoms with E-state index in [-0.39, 0.29) is 42.5 Å². The lowest BCUT2D eigenvalue weighted by Crippen LogP contribution is -2.29. The van der Waals surface area contributed by atoms with Gasteiger partial charge in [-0.05, 0) is 65.7 Å². The number of ether oxygens (including phenoxy) is 6. The minimum Gasteiger partial charge on any atom is -0.507 e. The smallest absolute Gasteiger partial charge is 0.507 e. The molecule has 364 valence electrons. The molecule has 3 aliphatic heterocycles. The van der Waals surface area contributed by atoms with Crippen LogP contribution in [-0.2, 0) is 47.6 Å². The van der Waals surface area contributed by atoms with Gasteiger partial charge in [0.05, 0.1) is 57.4 Å². The number of carbonyl (C=O) groups is 3. The van der Waals surface area contributed by atoms with Crippen molar-refractivity contribution in [1.82, 2.24) is 0 Å². The third kappa shape index (κ3) is 16.5. The van der Waals surface area contributed by atoms with Crippen LogP contribution in [0.1, 0.15) is 54.6 Å². The van der Waals surface area contributed by atoms with Gasteiger partial charge in [0.25, 0.3) is 0 Å². The van der Waals surface area contributed by atoms with Crippen LogP contribution in [0.3, 0.4) is 0 Å². The molecule has 0 aliphatic carbocycles. The molecule has 0 saturated carbocycles. The van der Waals surface area contributed by atoms with Gasteiger partial charge in [0.2, 0.25) is 0 Å². The summed E-state index contributed by atoms with van der Waals surface area (Å²) in [7, 11) is -7.17. The number of rotatable bonds is 13. The molecule has 68 heavy (non-hydrogen) atoms. The Morgan fingerprint density at radius 3 is 1.72 bits per heavy atom. The molecule has 0 unspecified atom stereocenters. The second kappa shape index (κ2) is 27.5. The van der Waals surface area contributed by atoms with Crippen LogP contribution in [0.15, 0.2) is 132 Å². The van der Waals surface area contributed by atoms with Crippen LogP contribution >= 0.6 is 0 Å². The third-order valence-corrected chi connectivity index (χ3v) is 10.8. The average molecular weight is 969 g/mol. The molecule has 3 heterocycles. The second-order valence-electron chi connectivity index (χ2n) is 14.4. The highest BCUT2D eigenvalue weighted by atomic mass is 32.2. The lowest BCUT2D eigenvalue weighted by atomic mass is 9.81. The Bertz CT molecular complexity index is 2460. The van der Waals surface area contributed by atoms with Crippen molar-refractivity contribution in [2.45, 2.75) is 38.6 Å². The molecule has 0 bridgehead atoms. The molecule has 4 aromatic carbocycles. The maximum absolute atomic E-state index is 12.2. The summed E-state index contributed by atoms with van der Waals surface area (Å²) in [6.07, 6.45) is 1.95. The van der Waals surface area contributed by atoms with Gasteiger partial charge in [-0.1, -0.05) is 97.1 Å². The molecular formula is C48H52BF3O15S. The normalized spacial score (nSPS) is 14.9. The summed E-state index contributed by atoms with van der Waals surface area (Å²) in [4.78, 5) is 34.4. The Morgan fingerprint density at radius 1 is 0.691 bits per heavy atom. The average Bonchev–Trinajstić information content (AvgIpc) is 3.35. The topological polar surface area (TPSA) is 211 Å². The van der Waals surface area contributed by atoms with Crippen molar-refractivity contribution in [3.05, 3.63) is 148 Å². The van der Waals surface area contributed by atoms with E-state index >= 15 is 0 Å². The number of hydrogen-bond donors (Lipinski definition) is 3. The van der Waals surface area contributed by atoms with E-state index < -0.39 is 41.1 Å². The zero-order valence-electron chi connectivity index (χ0n) is 37.3. The van der Waals surface area contributed by atoms with E-state index in [0.717, 1.165) is 39.8 Å². The molecule has 3 aliphatic rings. The summed E-state index contributed by atoms with van der Waals surface area (Å²) < 4.78 is 93.4. The van der Waals surface area contributed by atoms with Crippen molar-refractivity contribution in [2.75, 3.05) is 59.5 Å². The monoisotopic (exact) mass is 968 g/mol. The lowest BCUT2D eigenvalue weighted by molar-refractivity contribution is -0.140. The van der Waals surface area contributed by atoms with Gasteiger partial charge < -0.3 is 47.8 Å². The molecule has 3 N–H and O–H groups in total. The van der Waals surface area contributed by atoms with Gasteiger partial charge in [0.15, 0.2) is 12.0 Å². The zero-order chi connectivity index (χ0) is 49.5. The first kappa shape index (κ1) is 54.3. The van der Waals surface area contributed by atoms with Crippen LogP contribution in [0.25, 0.3) is 11.1 Å². The van der Waals surface area contributed by atoms with Crippen LogP contribution in [0, 0.1) is 0 Å². The standard InChI is InChI=1S/C19H18O4.C14H16O3.C9H11F3O6S.C6H7BO2/c20-11-16-18(21)7-4-8-19(16)23-12-15-9-10-22-13-17(15)14-5-2-1-3-6-14;1-2-17-14(15)12-8-9-16-10-13(12)11-6-4-3-5-7-11;1-2-17-8(13)6-3-4-16-5-7(6)18-19(14,15)9(10,11)12;8-7(9)6-4-2-1-3-5-6/h1-8,11,21H,9-10,12-13H2;3-7H,2,8-10H2,1H3;2-5H2,1H3;1-5,8-9H. The maximum atomic E-state index is 12.2. The van der Waals surface area contributed by atoms with Crippen molar-refractivity contribution in [1.29, 1.82) is 0 Å². The van der Waals surface area contributed by atoms with Crippen molar-refractivity contribution in [3.8, 4) is 11.5 Å². The Morgan fingerprint density at radius 2 is 1.19 bits per heavy atom. The first-order chi connectivity index (χ1) is 32.6. The molecule has 0 aromatic heterocycles. The molecule has 0 spiro atoms.